The molecule has 18 heavy (non-hydrogen) atoms. The van der Waals surface area contributed by atoms with E-state index >= 15 is 0 Å². The van der Waals surface area contributed by atoms with E-state index in [1.807, 2.05) is 13.8 Å². The molecule has 2 amide bonds. The van der Waals surface area contributed by atoms with Crippen molar-refractivity contribution in [1.82, 2.24) is 10.2 Å². The smallest absolute Gasteiger partial charge is 0.317 e. The van der Waals surface area contributed by atoms with Crippen LogP contribution in [0.25, 0.3) is 0 Å². The Labute approximate surface area is 109 Å². The highest BCUT2D eigenvalue weighted by Gasteiger charge is 2.33. The van der Waals surface area contributed by atoms with Crippen molar-refractivity contribution in [3.05, 3.63) is 0 Å². The summed E-state index contributed by atoms with van der Waals surface area (Å²) in [7, 11) is 3.34. The van der Waals surface area contributed by atoms with Gasteiger partial charge >= 0.3 is 6.03 Å². The van der Waals surface area contributed by atoms with Gasteiger partial charge in [0.05, 0.1) is 17.7 Å². The number of carbonyl (C=O) groups excluding carboxylic acids is 1. The number of hydrogen-bond donors (Lipinski definition) is 2. The van der Waals surface area contributed by atoms with Gasteiger partial charge in [-0.25, -0.2) is 4.79 Å². The van der Waals surface area contributed by atoms with Crippen LogP contribution in [-0.2, 0) is 4.74 Å². The molecule has 0 bridgehead atoms. The number of amides is 2. The van der Waals surface area contributed by atoms with Crippen LogP contribution in [0, 0.1) is 0 Å². The maximum absolute atomic E-state index is 11.9. The molecule has 0 saturated heterocycles. The molecule has 0 aliphatic heterocycles. The fourth-order valence-corrected chi connectivity index (χ4v) is 2.20. The van der Waals surface area contributed by atoms with Crippen LogP contribution in [-0.4, -0.2) is 54.5 Å². The lowest BCUT2D eigenvalue weighted by atomic mass is 10.0. The first-order valence-corrected chi connectivity index (χ1v) is 6.54. The molecule has 1 aliphatic rings. The van der Waals surface area contributed by atoms with Crippen molar-refractivity contribution < 1.29 is 14.6 Å². The number of methoxy groups -OCH3 is 1. The second kappa shape index (κ2) is 5.89. The Balaban J connectivity index is 2.37. The van der Waals surface area contributed by atoms with Crippen LogP contribution in [0.2, 0.25) is 0 Å². The minimum Gasteiger partial charge on any atom is -0.388 e. The summed E-state index contributed by atoms with van der Waals surface area (Å²) in [5.74, 6) is 0. The lowest BCUT2D eigenvalue weighted by Gasteiger charge is -2.30. The van der Waals surface area contributed by atoms with Crippen molar-refractivity contribution in [2.45, 2.75) is 50.7 Å². The van der Waals surface area contributed by atoms with Crippen LogP contribution < -0.4 is 5.32 Å². The van der Waals surface area contributed by atoms with Gasteiger partial charge in [0.15, 0.2) is 0 Å². The highest BCUT2D eigenvalue weighted by molar-refractivity contribution is 5.74. The number of carbonyl (C=O) groups is 1. The van der Waals surface area contributed by atoms with Gasteiger partial charge in [-0.2, -0.15) is 0 Å². The fourth-order valence-electron chi connectivity index (χ4n) is 2.20. The van der Waals surface area contributed by atoms with Crippen molar-refractivity contribution in [3.63, 3.8) is 0 Å². The Bertz CT molecular complexity index is 286. The number of hydrogen-bond acceptors (Lipinski definition) is 3. The van der Waals surface area contributed by atoms with Gasteiger partial charge in [0.25, 0.3) is 0 Å². The summed E-state index contributed by atoms with van der Waals surface area (Å²) in [5, 5.41) is 13.1. The summed E-state index contributed by atoms with van der Waals surface area (Å²) in [6, 6.07) is -0.166. The van der Waals surface area contributed by atoms with E-state index in [0.717, 1.165) is 25.7 Å². The average Bonchev–Trinajstić information content (AvgIpc) is 2.72. The third-order valence-corrected chi connectivity index (χ3v) is 3.63. The number of aliphatic hydroxyl groups is 1. The minimum absolute atomic E-state index is 0.166. The SMILES string of the molecule is COC(C)(C)CNC(=O)N(C)CC1(O)CCCC1. The molecule has 0 aromatic carbocycles. The predicted octanol–water partition coefficient (Wildman–Crippen LogP) is 1.36. The topological polar surface area (TPSA) is 61.8 Å². The molecule has 0 aromatic rings. The van der Waals surface area contributed by atoms with Gasteiger partial charge in [-0.3, -0.25) is 0 Å². The van der Waals surface area contributed by atoms with Gasteiger partial charge in [0.1, 0.15) is 0 Å². The highest BCUT2D eigenvalue weighted by atomic mass is 16.5. The van der Waals surface area contributed by atoms with Gasteiger partial charge < -0.3 is 20.1 Å². The van der Waals surface area contributed by atoms with E-state index in [1.165, 1.54) is 0 Å². The third kappa shape index (κ3) is 4.46. The van der Waals surface area contributed by atoms with Crippen molar-refractivity contribution in [3.8, 4) is 0 Å². The van der Waals surface area contributed by atoms with Crippen LogP contribution >= 0.6 is 0 Å². The Morgan fingerprint density at radius 1 is 1.44 bits per heavy atom. The molecule has 1 fully saturated rings. The molecule has 0 aromatic heterocycles. The second-order valence-electron chi connectivity index (χ2n) is 5.91. The summed E-state index contributed by atoms with van der Waals surface area (Å²) < 4.78 is 5.24. The first-order valence-electron chi connectivity index (χ1n) is 6.54. The molecule has 0 heterocycles. The third-order valence-electron chi connectivity index (χ3n) is 3.63. The van der Waals surface area contributed by atoms with Crippen LogP contribution in [0.15, 0.2) is 0 Å². The Hall–Kier alpha value is -0.810. The van der Waals surface area contributed by atoms with Crippen molar-refractivity contribution in [2.24, 2.45) is 0 Å². The first-order chi connectivity index (χ1) is 8.28. The summed E-state index contributed by atoms with van der Waals surface area (Å²) >= 11 is 0. The van der Waals surface area contributed by atoms with Crippen LogP contribution in [0.3, 0.4) is 0 Å². The molecule has 5 nitrogen and oxygen atoms in total. The molecule has 1 rings (SSSR count). The molecule has 0 unspecified atom stereocenters. The van der Waals surface area contributed by atoms with Crippen molar-refractivity contribution in [1.29, 1.82) is 0 Å². The molecule has 0 atom stereocenters. The molecule has 5 heteroatoms. The van der Waals surface area contributed by atoms with E-state index in [4.69, 9.17) is 4.74 Å². The predicted molar refractivity (Wildman–Crippen MR) is 70.5 cm³/mol. The number of nitrogens with zero attached hydrogens (tertiary/aromatic N) is 1. The zero-order chi connectivity index (χ0) is 13.8. The molecular formula is C13H26N2O3. The largest absolute Gasteiger partial charge is 0.388 e. The highest BCUT2D eigenvalue weighted by Crippen LogP contribution is 2.29. The lowest BCUT2D eigenvalue weighted by Crippen LogP contribution is -2.49. The monoisotopic (exact) mass is 258 g/mol. The normalized spacial score (nSPS) is 18.7. The molecule has 1 aliphatic carbocycles. The number of nitrogens with one attached hydrogen (secondary N) is 1. The molecule has 2 N–H and O–H groups in total. The zero-order valence-electron chi connectivity index (χ0n) is 12.0. The van der Waals surface area contributed by atoms with E-state index in [9.17, 15) is 9.90 Å². The fraction of sp³-hybridized carbons (Fsp3) is 0.923. The van der Waals surface area contributed by atoms with E-state index in [1.54, 1.807) is 19.1 Å². The number of rotatable bonds is 5. The van der Waals surface area contributed by atoms with Gasteiger partial charge in [-0.1, -0.05) is 12.8 Å². The average molecular weight is 258 g/mol. The molecular weight excluding hydrogens is 232 g/mol. The van der Waals surface area contributed by atoms with E-state index in [2.05, 4.69) is 5.32 Å². The zero-order valence-corrected chi connectivity index (χ0v) is 12.0. The summed E-state index contributed by atoms with van der Waals surface area (Å²) in [5.41, 5.74) is -1.07. The summed E-state index contributed by atoms with van der Waals surface area (Å²) in [6.07, 6.45) is 3.66. The van der Waals surface area contributed by atoms with Crippen LogP contribution in [0.5, 0.6) is 0 Å². The van der Waals surface area contributed by atoms with Gasteiger partial charge in [0.2, 0.25) is 0 Å². The Morgan fingerprint density at radius 2 is 2.00 bits per heavy atom. The number of urea groups is 1. The van der Waals surface area contributed by atoms with Gasteiger partial charge in [-0.15, -0.1) is 0 Å². The van der Waals surface area contributed by atoms with E-state index < -0.39 is 5.60 Å². The van der Waals surface area contributed by atoms with Crippen LogP contribution in [0.1, 0.15) is 39.5 Å². The maximum atomic E-state index is 11.9. The van der Waals surface area contributed by atoms with Crippen molar-refractivity contribution in [2.75, 3.05) is 27.2 Å². The summed E-state index contributed by atoms with van der Waals surface area (Å²) in [6.45, 7) is 4.67. The standard InChI is InChI=1S/C13H26N2O3/c1-12(2,18-4)9-14-11(16)15(3)10-13(17)7-5-6-8-13/h17H,5-10H2,1-4H3,(H,14,16). The Morgan fingerprint density at radius 3 is 2.50 bits per heavy atom. The van der Waals surface area contributed by atoms with E-state index in [0.29, 0.717) is 13.1 Å². The van der Waals surface area contributed by atoms with Crippen molar-refractivity contribution >= 4 is 6.03 Å². The minimum atomic E-state index is -0.692. The van der Waals surface area contributed by atoms with Crippen LogP contribution in [0.4, 0.5) is 4.79 Å². The molecule has 0 radical (unpaired) electrons. The van der Waals surface area contributed by atoms with Gasteiger partial charge in [0, 0.05) is 20.7 Å². The lowest BCUT2D eigenvalue weighted by molar-refractivity contribution is 0.0168. The molecule has 0 spiro atoms. The molecule has 1 saturated carbocycles. The number of ether oxygens (including phenoxy) is 1. The molecule has 106 valence electrons. The first kappa shape index (κ1) is 15.2. The maximum Gasteiger partial charge on any atom is 0.317 e. The second-order valence-corrected chi connectivity index (χ2v) is 5.91. The Kier molecular flexibility index (Phi) is 4.99. The summed E-state index contributed by atoms with van der Waals surface area (Å²) in [4.78, 5) is 13.4. The quantitative estimate of drug-likeness (QED) is 0.782. The van der Waals surface area contributed by atoms with Gasteiger partial charge in [-0.05, 0) is 26.7 Å². The van der Waals surface area contributed by atoms with E-state index in [-0.39, 0.29) is 11.6 Å². The number of likely N-dealkylation sites (N-methyl/N-ethyl adjacent to an activating group) is 1.